The molecule has 2 N–H and O–H groups in total. The minimum atomic E-state index is -3.61. The summed E-state index contributed by atoms with van der Waals surface area (Å²) in [5, 5.41) is 3.86. The maximum atomic E-state index is 13.0. The van der Waals surface area contributed by atoms with Gasteiger partial charge in [-0.15, -0.1) is 0 Å². The molecule has 168 valence electrons. The molecule has 4 heterocycles. The smallest absolute Gasteiger partial charge is 0.243 e. The molecule has 9 nitrogen and oxygen atoms in total. The third kappa shape index (κ3) is 4.23. The van der Waals surface area contributed by atoms with E-state index >= 15 is 0 Å². The number of fused-ring (bicyclic) bond motifs is 1. The number of ketones is 1. The average Bonchev–Trinajstić information content (AvgIpc) is 3.28. The molecule has 0 unspecified atom stereocenters. The Morgan fingerprint density at radius 1 is 1.06 bits per heavy atom. The number of H-pyrrole nitrogens is 1. The van der Waals surface area contributed by atoms with Crippen molar-refractivity contribution in [3.63, 3.8) is 0 Å². The lowest BCUT2D eigenvalue weighted by atomic mass is 10.1. The van der Waals surface area contributed by atoms with Crippen molar-refractivity contribution >= 4 is 38.2 Å². The van der Waals surface area contributed by atoms with Gasteiger partial charge in [0.2, 0.25) is 10.0 Å². The summed E-state index contributed by atoms with van der Waals surface area (Å²) < 4.78 is 32.6. The predicted octanol–water partition coefficient (Wildman–Crippen LogP) is 2.95. The van der Waals surface area contributed by atoms with Crippen LogP contribution < -0.4 is 5.32 Å². The lowest BCUT2D eigenvalue weighted by Crippen LogP contribution is -2.40. The van der Waals surface area contributed by atoms with Crippen LogP contribution in [0.1, 0.15) is 15.9 Å². The maximum absolute atomic E-state index is 13.0. The summed E-state index contributed by atoms with van der Waals surface area (Å²) in [5.74, 6) is -0.160. The highest BCUT2D eigenvalue weighted by molar-refractivity contribution is 7.89. The molecular formula is C23H21N5O4S. The van der Waals surface area contributed by atoms with Crippen LogP contribution in [0.4, 0.5) is 11.4 Å². The third-order valence-electron chi connectivity index (χ3n) is 5.43. The van der Waals surface area contributed by atoms with Crippen LogP contribution >= 0.6 is 0 Å². The second-order valence-electron chi connectivity index (χ2n) is 7.56. The van der Waals surface area contributed by atoms with E-state index in [0.29, 0.717) is 59.8 Å². The Morgan fingerprint density at radius 2 is 1.91 bits per heavy atom. The molecule has 0 aliphatic carbocycles. The molecule has 0 amide bonds. The molecule has 1 aliphatic heterocycles. The zero-order valence-electron chi connectivity index (χ0n) is 17.6. The number of sulfonamides is 1. The number of nitrogens with one attached hydrogen (secondary N) is 2. The number of benzene rings is 1. The van der Waals surface area contributed by atoms with Gasteiger partial charge in [-0.2, -0.15) is 4.31 Å². The summed E-state index contributed by atoms with van der Waals surface area (Å²) in [6, 6.07) is 11.9. The minimum Gasteiger partial charge on any atom is -0.379 e. The van der Waals surface area contributed by atoms with E-state index in [4.69, 9.17) is 4.74 Å². The van der Waals surface area contributed by atoms with Gasteiger partial charge in [-0.25, -0.2) is 13.4 Å². The fourth-order valence-corrected chi connectivity index (χ4v) is 5.20. The highest BCUT2D eigenvalue weighted by Crippen LogP contribution is 2.26. The lowest BCUT2D eigenvalue weighted by molar-refractivity contribution is 0.0730. The van der Waals surface area contributed by atoms with Crippen molar-refractivity contribution < 1.29 is 17.9 Å². The van der Waals surface area contributed by atoms with E-state index in [9.17, 15) is 13.2 Å². The molecule has 4 aromatic rings. The van der Waals surface area contributed by atoms with Crippen LogP contribution in [0, 0.1) is 0 Å². The zero-order valence-corrected chi connectivity index (χ0v) is 18.4. The topological polar surface area (TPSA) is 117 Å². The standard InChI is InChI=1S/C23H21N5O4S/c29-22(16-3-2-6-24-13-16)21-15-26-23-20(21)12-18(14-25-23)27-17-4-1-5-19(11-17)33(30,31)28-7-9-32-10-8-28/h1-6,11-15,27H,7-10H2,(H,25,26). The second-order valence-corrected chi connectivity index (χ2v) is 9.50. The Bertz CT molecular complexity index is 1410. The molecule has 0 atom stereocenters. The number of pyridine rings is 2. The van der Waals surface area contributed by atoms with Crippen LogP contribution in [0.5, 0.6) is 0 Å². The van der Waals surface area contributed by atoms with E-state index in [0.717, 1.165) is 0 Å². The molecule has 5 rings (SSSR count). The van der Waals surface area contributed by atoms with E-state index in [1.165, 1.54) is 10.5 Å². The summed E-state index contributed by atoms with van der Waals surface area (Å²) in [7, 11) is -3.61. The number of carbonyl (C=O) groups is 1. The van der Waals surface area contributed by atoms with Gasteiger partial charge >= 0.3 is 0 Å². The number of anilines is 2. The highest BCUT2D eigenvalue weighted by atomic mass is 32.2. The molecule has 0 radical (unpaired) electrons. The Kier molecular flexibility index (Phi) is 5.63. The van der Waals surface area contributed by atoms with Gasteiger partial charge in [0.1, 0.15) is 5.65 Å². The van der Waals surface area contributed by atoms with Crippen LogP contribution in [-0.4, -0.2) is 59.8 Å². The van der Waals surface area contributed by atoms with Crippen molar-refractivity contribution in [1.29, 1.82) is 0 Å². The monoisotopic (exact) mass is 463 g/mol. The quantitative estimate of drug-likeness (QED) is 0.422. The first-order chi connectivity index (χ1) is 16.0. The second kappa shape index (κ2) is 8.74. The van der Waals surface area contributed by atoms with Gasteiger partial charge < -0.3 is 15.0 Å². The van der Waals surface area contributed by atoms with Crippen molar-refractivity contribution in [2.75, 3.05) is 31.6 Å². The van der Waals surface area contributed by atoms with Gasteiger partial charge in [0.15, 0.2) is 5.78 Å². The van der Waals surface area contributed by atoms with Crippen LogP contribution in [0.2, 0.25) is 0 Å². The molecule has 1 aromatic carbocycles. The fraction of sp³-hybridized carbons (Fsp3) is 0.174. The summed E-state index contributed by atoms with van der Waals surface area (Å²) in [6.45, 7) is 1.45. The maximum Gasteiger partial charge on any atom is 0.243 e. The summed E-state index contributed by atoms with van der Waals surface area (Å²) >= 11 is 0. The SMILES string of the molecule is O=C(c1cccnc1)c1c[nH]c2ncc(Nc3cccc(S(=O)(=O)N4CCOCC4)c3)cc12. The van der Waals surface area contributed by atoms with Gasteiger partial charge in [0.25, 0.3) is 0 Å². The van der Waals surface area contributed by atoms with Crippen LogP contribution in [0.15, 0.2) is 72.1 Å². The van der Waals surface area contributed by atoms with E-state index < -0.39 is 10.0 Å². The van der Waals surface area contributed by atoms with Gasteiger partial charge in [-0.05, 0) is 36.4 Å². The van der Waals surface area contributed by atoms with Crippen LogP contribution in [0.3, 0.4) is 0 Å². The fourth-order valence-electron chi connectivity index (χ4n) is 3.75. The number of rotatable bonds is 6. The molecule has 1 fully saturated rings. The molecular weight excluding hydrogens is 442 g/mol. The van der Waals surface area contributed by atoms with Crippen molar-refractivity contribution in [3.05, 3.63) is 78.4 Å². The number of morpholine rings is 1. The van der Waals surface area contributed by atoms with Gasteiger partial charge in [0.05, 0.1) is 30.0 Å². The number of hydrogen-bond acceptors (Lipinski definition) is 7. The highest BCUT2D eigenvalue weighted by Gasteiger charge is 2.26. The average molecular weight is 464 g/mol. The number of nitrogens with zero attached hydrogens (tertiary/aromatic N) is 3. The zero-order chi connectivity index (χ0) is 22.8. The first kappa shape index (κ1) is 21.3. The molecule has 0 spiro atoms. The summed E-state index contributed by atoms with van der Waals surface area (Å²) in [5.41, 5.74) is 2.77. The number of ether oxygens (including phenoxy) is 1. The van der Waals surface area contributed by atoms with Gasteiger partial charge in [-0.3, -0.25) is 9.78 Å². The molecule has 1 aliphatic rings. The van der Waals surface area contributed by atoms with Gasteiger partial charge in [0, 0.05) is 53.9 Å². The Labute approximate surface area is 190 Å². The third-order valence-corrected chi connectivity index (χ3v) is 7.32. The van der Waals surface area contributed by atoms with Crippen molar-refractivity contribution in [3.8, 4) is 0 Å². The number of aromatic nitrogens is 3. The summed E-state index contributed by atoms with van der Waals surface area (Å²) in [6.07, 6.45) is 6.40. The van der Waals surface area contributed by atoms with E-state index in [2.05, 4.69) is 20.3 Å². The van der Waals surface area contributed by atoms with Gasteiger partial charge in [-0.1, -0.05) is 6.07 Å². The Hall–Kier alpha value is -3.60. The number of aromatic amines is 1. The number of carbonyl (C=O) groups excluding carboxylic acids is 1. The van der Waals surface area contributed by atoms with Crippen LogP contribution in [-0.2, 0) is 14.8 Å². The largest absolute Gasteiger partial charge is 0.379 e. The van der Waals surface area contributed by atoms with Crippen molar-refractivity contribution in [2.24, 2.45) is 0 Å². The lowest BCUT2D eigenvalue weighted by Gasteiger charge is -2.26. The van der Waals surface area contributed by atoms with Crippen molar-refractivity contribution in [1.82, 2.24) is 19.3 Å². The molecule has 0 saturated carbocycles. The van der Waals surface area contributed by atoms with E-state index in [-0.39, 0.29) is 10.7 Å². The first-order valence-corrected chi connectivity index (χ1v) is 11.8. The summed E-state index contributed by atoms with van der Waals surface area (Å²) in [4.78, 5) is 24.5. The molecule has 10 heteroatoms. The Morgan fingerprint density at radius 3 is 2.70 bits per heavy atom. The molecule has 0 bridgehead atoms. The minimum absolute atomic E-state index is 0.160. The van der Waals surface area contributed by atoms with E-state index in [1.807, 2.05) is 6.07 Å². The van der Waals surface area contributed by atoms with E-state index in [1.54, 1.807) is 55.0 Å². The normalized spacial score (nSPS) is 14.9. The first-order valence-electron chi connectivity index (χ1n) is 10.4. The predicted molar refractivity (Wildman–Crippen MR) is 123 cm³/mol. The van der Waals surface area contributed by atoms with Crippen molar-refractivity contribution in [2.45, 2.75) is 4.90 Å². The Balaban J connectivity index is 1.43. The molecule has 1 saturated heterocycles. The van der Waals surface area contributed by atoms with Crippen LogP contribution in [0.25, 0.3) is 11.0 Å². The molecule has 33 heavy (non-hydrogen) atoms. The molecule has 3 aromatic heterocycles. The number of hydrogen-bond donors (Lipinski definition) is 2.